The molecule has 1 heterocycles. The summed E-state index contributed by atoms with van der Waals surface area (Å²) < 4.78 is 78.3. The Hall–Kier alpha value is -1.60. The maximum absolute atomic E-state index is 13.0. The molecule has 0 saturated heterocycles. The van der Waals surface area contributed by atoms with Crippen molar-refractivity contribution in [3.8, 4) is 10.4 Å². The van der Waals surface area contributed by atoms with E-state index in [9.17, 15) is 46.5 Å². The van der Waals surface area contributed by atoms with Gasteiger partial charge in [0, 0.05) is 11.1 Å². The Bertz CT molecular complexity index is 914. The number of thiazole rings is 1. The minimum atomic E-state index is -6.18. The normalized spacial score (nSPS) is 13.1. The van der Waals surface area contributed by atoms with E-state index >= 15 is 0 Å². The van der Waals surface area contributed by atoms with Crippen molar-refractivity contribution in [1.29, 1.82) is 0 Å². The van der Waals surface area contributed by atoms with E-state index < -0.39 is 51.1 Å². The van der Waals surface area contributed by atoms with Crippen LogP contribution in [0.25, 0.3) is 10.4 Å². The third kappa shape index (κ3) is 3.54. The Morgan fingerprint density at radius 2 is 1.64 bits per heavy atom. The first-order chi connectivity index (χ1) is 12.7. The Morgan fingerprint density at radius 3 is 2.07 bits per heavy atom. The molecule has 2 N–H and O–H groups in total. The van der Waals surface area contributed by atoms with Crippen LogP contribution in [0.4, 0.5) is 26.3 Å². The van der Waals surface area contributed by atoms with Crippen LogP contribution >= 0.6 is 34.5 Å². The minimum absolute atomic E-state index is 0.164. The minimum Gasteiger partial charge on any atom is -0.542 e. The van der Waals surface area contributed by atoms with Crippen LogP contribution in [-0.4, -0.2) is 33.5 Å². The second kappa shape index (κ2) is 7.34. The number of carboxylic acids is 1. The summed E-state index contributed by atoms with van der Waals surface area (Å²) in [6, 6.07) is 0.918. The maximum Gasteiger partial charge on any atom is 0.430 e. The van der Waals surface area contributed by atoms with E-state index in [-0.39, 0.29) is 22.2 Å². The molecule has 0 unspecified atom stereocenters. The predicted octanol–water partition coefficient (Wildman–Crippen LogP) is 3.28. The number of halogens is 8. The highest BCUT2D eigenvalue weighted by atomic mass is 35.5. The van der Waals surface area contributed by atoms with Crippen molar-refractivity contribution < 1.29 is 46.5 Å². The smallest absolute Gasteiger partial charge is 0.430 e. The standard InChI is InChI=1S/C14H7Cl2F6NO4S/c15-7-4(9-6(3-24)23-10(28-9)11(25)26)1-2-5(8(7)16)12(27,13(17,18)19)14(20,21)22/h1-2,24,27H,3H2,(H,25,26)/p-1. The molecule has 14 heteroatoms. The first kappa shape index (κ1) is 22.7. The van der Waals surface area contributed by atoms with E-state index in [1.54, 1.807) is 0 Å². The monoisotopic (exact) mass is 468 g/mol. The number of carbonyl (C=O) groups excluding carboxylic acids is 1. The zero-order chi connectivity index (χ0) is 21.7. The van der Waals surface area contributed by atoms with Gasteiger partial charge in [-0.15, -0.1) is 11.3 Å². The van der Waals surface area contributed by atoms with Crippen LogP contribution in [0, 0.1) is 0 Å². The van der Waals surface area contributed by atoms with E-state index in [2.05, 4.69) is 4.98 Å². The number of hydrogen-bond acceptors (Lipinski definition) is 6. The molecular weight excluding hydrogens is 463 g/mol. The van der Waals surface area contributed by atoms with E-state index in [1.165, 1.54) is 0 Å². The molecule has 0 aliphatic rings. The number of aliphatic hydroxyl groups excluding tert-OH is 1. The summed E-state index contributed by atoms with van der Waals surface area (Å²) in [6.45, 7) is -0.816. The van der Waals surface area contributed by atoms with Gasteiger partial charge in [-0.3, -0.25) is 0 Å². The average Bonchev–Trinajstić information content (AvgIpc) is 2.99. The van der Waals surface area contributed by atoms with E-state index in [4.69, 9.17) is 23.2 Å². The summed E-state index contributed by atoms with van der Waals surface area (Å²) in [5.41, 5.74) is -7.63. The zero-order valence-corrected chi connectivity index (χ0v) is 15.3. The molecule has 0 aliphatic heterocycles. The van der Waals surface area contributed by atoms with Crippen molar-refractivity contribution in [2.75, 3.05) is 0 Å². The van der Waals surface area contributed by atoms with Gasteiger partial charge in [0.1, 0.15) is 11.0 Å². The van der Waals surface area contributed by atoms with E-state index in [1.807, 2.05) is 0 Å². The van der Waals surface area contributed by atoms with Crippen molar-refractivity contribution in [2.45, 2.75) is 24.6 Å². The zero-order valence-electron chi connectivity index (χ0n) is 13.0. The second-order valence-electron chi connectivity index (χ2n) is 5.23. The lowest BCUT2D eigenvalue weighted by molar-refractivity contribution is -0.376. The van der Waals surface area contributed by atoms with Crippen molar-refractivity contribution in [3.05, 3.63) is 38.4 Å². The van der Waals surface area contributed by atoms with Gasteiger partial charge in [-0.25, -0.2) is 4.98 Å². The van der Waals surface area contributed by atoms with Gasteiger partial charge in [0.05, 0.1) is 27.2 Å². The Labute approximate surface area is 165 Å². The summed E-state index contributed by atoms with van der Waals surface area (Å²) in [5, 5.41) is 26.9. The molecule has 0 atom stereocenters. The highest BCUT2D eigenvalue weighted by Crippen LogP contribution is 2.53. The fraction of sp³-hybridized carbons (Fsp3) is 0.286. The van der Waals surface area contributed by atoms with E-state index in [0.717, 1.165) is 0 Å². The largest absolute Gasteiger partial charge is 0.542 e. The Balaban J connectivity index is 2.75. The van der Waals surface area contributed by atoms with Crippen LogP contribution in [0.5, 0.6) is 0 Å². The number of aromatic carboxylic acids is 1. The molecule has 28 heavy (non-hydrogen) atoms. The SMILES string of the molecule is O=C([O-])c1nc(CO)c(-c2ccc(C(O)(C(F)(F)F)C(F)(F)F)c(Cl)c2Cl)s1. The molecule has 0 fully saturated rings. The number of benzene rings is 1. The molecule has 1 aromatic carbocycles. The van der Waals surface area contributed by atoms with Crippen LogP contribution in [0.3, 0.4) is 0 Å². The first-order valence-electron chi connectivity index (χ1n) is 6.83. The second-order valence-corrected chi connectivity index (χ2v) is 6.99. The highest BCUT2D eigenvalue weighted by Gasteiger charge is 2.72. The summed E-state index contributed by atoms with van der Waals surface area (Å²) >= 11 is 11.8. The van der Waals surface area contributed by atoms with Gasteiger partial charge in [0.15, 0.2) is 0 Å². The molecule has 0 spiro atoms. The number of carboxylic acid groups (broad SMARTS) is 1. The third-order valence-electron chi connectivity index (χ3n) is 3.56. The van der Waals surface area contributed by atoms with Gasteiger partial charge >= 0.3 is 12.4 Å². The number of alkyl halides is 6. The quantitative estimate of drug-likeness (QED) is 0.671. The fourth-order valence-electron chi connectivity index (χ4n) is 2.23. The van der Waals surface area contributed by atoms with Crippen LogP contribution in [-0.2, 0) is 12.2 Å². The van der Waals surface area contributed by atoms with Gasteiger partial charge in [-0.05, 0) is 0 Å². The maximum atomic E-state index is 13.0. The number of rotatable bonds is 4. The van der Waals surface area contributed by atoms with Gasteiger partial charge in [-0.1, -0.05) is 35.3 Å². The topological polar surface area (TPSA) is 93.5 Å². The van der Waals surface area contributed by atoms with Crippen LogP contribution in [0.15, 0.2) is 12.1 Å². The first-order valence-corrected chi connectivity index (χ1v) is 8.40. The van der Waals surface area contributed by atoms with Crippen LogP contribution in [0.1, 0.15) is 21.1 Å². The van der Waals surface area contributed by atoms with Gasteiger partial charge in [0.25, 0.3) is 5.60 Å². The summed E-state index contributed by atoms with van der Waals surface area (Å²) in [7, 11) is 0. The number of aromatic nitrogens is 1. The molecule has 154 valence electrons. The van der Waals surface area contributed by atoms with Crippen molar-refractivity contribution in [2.24, 2.45) is 0 Å². The average molecular weight is 469 g/mol. The molecule has 0 bridgehead atoms. The molecular formula is C14H6Cl2F6NO4S-. The summed E-state index contributed by atoms with van der Waals surface area (Å²) in [5.74, 6) is -1.73. The van der Waals surface area contributed by atoms with Crippen LogP contribution < -0.4 is 5.11 Å². The number of aliphatic hydroxyl groups is 2. The Kier molecular flexibility index (Phi) is 5.94. The van der Waals surface area contributed by atoms with Gasteiger partial charge < -0.3 is 20.1 Å². The molecule has 0 radical (unpaired) electrons. The highest BCUT2D eigenvalue weighted by molar-refractivity contribution is 7.17. The summed E-state index contributed by atoms with van der Waals surface area (Å²) in [6.07, 6.45) is -12.4. The lowest BCUT2D eigenvalue weighted by atomic mass is 9.91. The number of nitrogens with zero attached hydrogens (tertiary/aromatic N) is 1. The molecule has 5 nitrogen and oxygen atoms in total. The summed E-state index contributed by atoms with van der Waals surface area (Å²) in [4.78, 5) is 14.2. The van der Waals surface area contributed by atoms with Crippen molar-refractivity contribution in [1.82, 2.24) is 4.98 Å². The van der Waals surface area contributed by atoms with Crippen LogP contribution in [0.2, 0.25) is 10.0 Å². The molecule has 1 aromatic heterocycles. The number of hydrogen-bond donors (Lipinski definition) is 2. The Morgan fingerprint density at radius 1 is 1.11 bits per heavy atom. The van der Waals surface area contributed by atoms with Crippen molar-refractivity contribution in [3.63, 3.8) is 0 Å². The lowest BCUT2D eigenvalue weighted by Crippen LogP contribution is -2.54. The fourth-order valence-corrected chi connectivity index (χ4v) is 3.78. The predicted molar refractivity (Wildman–Crippen MR) is 83.8 cm³/mol. The lowest BCUT2D eigenvalue weighted by Gasteiger charge is -2.33. The molecule has 0 aliphatic carbocycles. The molecule has 2 rings (SSSR count). The van der Waals surface area contributed by atoms with Gasteiger partial charge in [-0.2, -0.15) is 26.3 Å². The molecule has 0 amide bonds. The van der Waals surface area contributed by atoms with Crippen molar-refractivity contribution >= 4 is 40.5 Å². The molecule has 0 saturated carbocycles. The number of carbonyl (C=O) groups is 1. The van der Waals surface area contributed by atoms with E-state index in [0.29, 0.717) is 17.4 Å². The molecule has 2 aromatic rings. The van der Waals surface area contributed by atoms with Gasteiger partial charge in [0.2, 0.25) is 0 Å². The third-order valence-corrected chi connectivity index (χ3v) is 5.55.